The zero-order valence-corrected chi connectivity index (χ0v) is 17.5. The molecule has 0 aliphatic rings. The van der Waals surface area contributed by atoms with E-state index >= 15 is 0 Å². The van der Waals surface area contributed by atoms with Crippen LogP contribution in [0.25, 0.3) is 10.9 Å². The molecule has 2 aromatic carbocycles. The molecular weight excluding hydrogens is 374 g/mol. The summed E-state index contributed by atoms with van der Waals surface area (Å²) >= 11 is 6.03. The van der Waals surface area contributed by atoms with Crippen molar-refractivity contribution in [3.8, 4) is 0 Å². The van der Waals surface area contributed by atoms with Crippen molar-refractivity contribution in [1.82, 2.24) is 14.9 Å². The lowest BCUT2D eigenvalue weighted by molar-refractivity contribution is 0.0937. The Kier molecular flexibility index (Phi) is 5.31. The number of rotatable bonds is 3. The molecule has 0 aliphatic carbocycles. The highest BCUT2D eigenvalue weighted by Crippen LogP contribution is 2.22. The van der Waals surface area contributed by atoms with Crippen molar-refractivity contribution in [3.63, 3.8) is 0 Å². The van der Waals surface area contributed by atoms with E-state index in [1.807, 2.05) is 24.3 Å². The predicted molar refractivity (Wildman–Crippen MR) is 113 cm³/mol. The molecule has 0 aliphatic heterocycles. The van der Waals surface area contributed by atoms with E-state index in [4.69, 9.17) is 11.6 Å². The van der Waals surface area contributed by atoms with Gasteiger partial charge in [-0.25, -0.2) is 4.98 Å². The molecule has 28 heavy (non-hydrogen) atoms. The van der Waals surface area contributed by atoms with Gasteiger partial charge in [0.1, 0.15) is 5.82 Å². The lowest BCUT2D eigenvalue weighted by Crippen LogP contribution is -2.32. The van der Waals surface area contributed by atoms with Gasteiger partial charge in [0.15, 0.2) is 0 Å². The highest BCUT2D eigenvalue weighted by atomic mass is 35.5. The van der Waals surface area contributed by atoms with E-state index in [0.29, 0.717) is 27.3 Å². The number of nitrogens with zero attached hydrogens (tertiary/aromatic N) is 2. The molecular formula is C22H24ClN3O2. The van der Waals surface area contributed by atoms with E-state index in [9.17, 15) is 9.59 Å². The minimum absolute atomic E-state index is 0.0247. The minimum Gasteiger partial charge on any atom is -0.342 e. The fraction of sp³-hybridized carbons (Fsp3) is 0.318. The Bertz CT molecular complexity index is 1100. The van der Waals surface area contributed by atoms with Crippen LogP contribution in [-0.2, 0) is 12.5 Å². The fourth-order valence-corrected chi connectivity index (χ4v) is 3.28. The van der Waals surface area contributed by atoms with Crippen LogP contribution in [0, 0.1) is 0 Å². The van der Waals surface area contributed by atoms with Gasteiger partial charge in [-0.2, -0.15) is 0 Å². The lowest BCUT2D eigenvalue weighted by Gasteiger charge is -2.20. The number of nitrogens with one attached hydrogen (secondary N) is 1. The normalized spacial score (nSPS) is 12.8. The van der Waals surface area contributed by atoms with Crippen molar-refractivity contribution < 1.29 is 4.79 Å². The van der Waals surface area contributed by atoms with Gasteiger partial charge < -0.3 is 5.32 Å². The number of halogens is 1. The second kappa shape index (κ2) is 7.40. The first kappa shape index (κ1) is 20.1. The third-order valence-electron chi connectivity index (χ3n) is 4.82. The first-order valence-electron chi connectivity index (χ1n) is 9.15. The number of carbonyl (C=O) groups is 1. The summed E-state index contributed by atoms with van der Waals surface area (Å²) < 4.78 is 1.46. The molecule has 1 heterocycles. The molecule has 1 amide bonds. The van der Waals surface area contributed by atoms with Crippen LogP contribution in [0.1, 0.15) is 55.5 Å². The van der Waals surface area contributed by atoms with Gasteiger partial charge in [0, 0.05) is 17.6 Å². The molecule has 0 unspecified atom stereocenters. The Hall–Kier alpha value is -2.66. The molecule has 0 radical (unpaired) electrons. The summed E-state index contributed by atoms with van der Waals surface area (Å²) in [6, 6.07) is 12.1. The average molecular weight is 398 g/mol. The van der Waals surface area contributed by atoms with Crippen molar-refractivity contribution in [3.05, 3.63) is 74.8 Å². The molecule has 0 bridgehead atoms. The van der Waals surface area contributed by atoms with Crippen LogP contribution in [0.3, 0.4) is 0 Å². The Morgan fingerprint density at radius 1 is 1.14 bits per heavy atom. The van der Waals surface area contributed by atoms with Gasteiger partial charge in [0.05, 0.1) is 16.9 Å². The van der Waals surface area contributed by atoms with Crippen LogP contribution < -0.4 is 10.9 Å². The van der Waals surface area contributed by atoms with Crippen LogP contribution in [0.4, 0.5) is 0 Å². The molecule has 0 fully saturated rings. The van der Waals surface area contributed by atoms with E-state index in [2.05, 4.69) is 31.1 Å². The standard InChI is InChI=1S/C22H24ClN3O2/c1-13(24-20(27)14-6-8-15(9-7-14)22(2,3)4)19-25-18-12-16(23)10-11-17(18)21(28)26(19)5/h6-13H,1-5H3,(H,24,27)/t13-/m0/s1. The molecule has 0 saturated carbocycles. The topological polar surface area (TPSA) is 64.0 Å². The minimum atomic E-state index is -0.448. The molecule has 6 heteroatoms. The monoisotopic (exact) mass is 397 g/mol. The molecule has 146 valence electrons. The van der Waals surface area contributed by atoms with Gasteiger partial charge >= 0.3 is 0 Å². The van der Waals surface area contributed by atoms with Crippen molar-refractivity contribution in [2.45, 2.75) is 39.2 Å². The number of fused-ring (bicyclic) bond motifs is 1. The second-order valence-corrected chi connectivity index (χ2v) is 8.45. The first-order chi connectivity index (χ1) is 13.1. The summed E-state index contributed by atoms with van der Waals surface area (Å²) in [6.07, 6.45) is 0. The largest absolute Gasteiger partial charge is 0.342 e. The Labute approximate surface area is 169 Å². The molecule has 0 saturated heterocycles. The number of carbonyl (C=O) groups excluding carboxylic acids is 1. The zero-order chi connectivity index (χ0) is 20.6. The fourth-order valence-electron chi connectivity index (χ4n) is 3.11. The molecule has 3 rings (SSSR count). The predicted octanol–water partition coefficient (Wildman–Crippen LogP) is 4.38. The number of hydrogen-bond acceptors (Lipinski definition) is 3. The maximum absolute atomic E-state index is 12.7. The summed E-state index contributed by atoms with van der Waals surface area (Å²) in [5, 5.41) is 3.93. The second-order valence-electron chi connectivity index (χ2n) is 8.02. The van der Waals surface area contributed by atoms with E-state index < -0.39 is 6.04 Å². The summed E-state index contributed by atoms with van der Waals surface area (Å²) in [4.78, 5) is 29.8. The first-order valence-corrected chi connectivity index (χ1v) is 9.53. The molecule has 1 aromatic heterocycles. The average Bonchev–Trinajstić information content (AvgIpc) is 2.63. The Morgan fingerprint density at radius 3 is 2.39 bits per heavy atom. The van der Waals surface area contributed by atoms with E-state index in [1.165, 1.54) is 4.57 Å². The maximum atomic E-state index is 12.7. The maximum Gasteiger partial charge on any atom is 0.261 e. The molecule has 1 N–H and O–H groups in total. The van der Waals surface area contributed by atoms with Gasteiger partial charge in [-0.3, -0.25) is 14.2 Å². The molecule has 5 nitrogen and oxygen atoms in total. The Morgan fingerprint density at radius 2 is 1.79 bits per heavy atom. The van der Waals surface area contributed by atoms with Gasteiger partial charge in [0.2, 0.25) is 0 Å². The van der Waals surface area contributed by atoms with Crippen molar-refractivity contribution in [2.75, 3.05) is 0 Å². The van der Waals surface area contributed by atoms with E-state index in [-0.39, 0.29) is 16.9 Å². The van der Waals surface area contributed by atoms with Crippen LogP contribution in [0.2, 0.25) is 5.02 Å². The van der Waals surface area contributed by atoms with Crippen molar-refractivity contribution in [2.24, 2.45) is 7.05 Å². The highest BCUT2D eigenvalue weighted by Gasteiger charge is 2.19. The molecule has 3 aromatic rings. The summed E-state index contributed by atoms with van der Waals surface area (Å²) in [5.74, 6) is 0.257. The van der Waals surface area contributed by atoms with Crippen molar-refractivity contribution in [1.29, 1.82) is 0 Å². The molecule has 1 atom stereocenters. The number of benzene rings is 2. The van der Waals surface area contributed by atoms with Gasteiger partial charge in [-0.05, 0) is 48.2 Å². The van der Waals surface area contributed by atoms with Crippen LogP contribution >= 0.6 is 11.6 Å². The molecule has 0 spiro atoms. The summed E-state index contributed by atoms with van der Waals surface area (Å²) in [7, 11) is 1.65. The number of aromatic nitrogens is 2. The number of hydrogen-bond donors (Lipinski definition) is 1. The Balaban J connectivity index is 1.88. The van der Waals surface area contributed by atoms with Crippen LogP contribution in [0.5, 0.6) is 0 Å². The van der Waals surface area contributed by atoms with Gasteiger partial charge in [0.25, 0.3) is 11.5 Å². The van der Waals surface area contributed by atoms with E-state index in [0.717, 1.165) is 5.56 Å². The smallest absolute Gasteiger partial charge is 0.261 e. The van der Waals surface area contributed by atoms with Crippen LogP contribution in [-0.4, -0.2) is 15.5 Å². The van der Waals surface area contributed by atoms with Gasteiger partial charge in [-0.1, -0.05) is 44.5 Å². The number of amides is 1. The summed E-state index contributed by atoms with van der Waals surface area (Å²) in [5.41, 5.74) is 2.09. The van der Waals surface area contributed by atoms with Gasteiger partial charge in [-0.15, -0.1) is 0 Å². The quantitative estimate of drug-likeness (QED) is 0.713. The van der Waals surface area contributed by atoms with Crippen LogP contribution in [0.15, 0.2) is 47.3 Å². The summed E-state index contributed by atoms with van der Waals surface area (Å²) in [6.45, 7) is 8.19. The van der Waals surface area contributed by atoms with Crippen molar-refractivity contribution >= 4 is 28.4 Å². The lowest BCUT2D eigenvalue weighted by atomic mass is 9.86. The third-order valence-corrected chi connectivity index (χ3v) is 5.06. The SMILES string of the molecule is C[C@H](NC(=O)c1ccc(C(C)(C)C)cc1)c1nc2cc(Cl)ccc2c(=O)n1C. The third kappa shape index (κ3) is 3.94. The highest BCUT2D eigenvalue weighted by molar-refractivity contribution is 6.31. The zero-order valence-electron chi connectivity index (χ0n) is 16.7. The van der Waals surface area contributed by atoms with E-state index in [1.54, 1.807) is 32.2 Å².